The van der Waals surface area contributed by atoms with Crippen molar-refractivity contribution in [3.05, 3.63) is 33.9 Å². The topological polar surface area (TPSA) is 98.3 Å². The number of nitrogen functional groups attached to an aromatic ring is 1. The number of nitrogens with two attached hydrogens (primary N) is 1. The van der Waals surface area contributed by atoms with Crippen LogP contribution in [0.4, 0.5) is 11.4 Å². The molecule has 2 atom stereocenters. The van der Waals surface area contributed by atoms with Crippen molar-refractivity contribution in [1.82, 2.24) is 5.32 Å². The predicted octanol–water partition coefficient (Wildman–Crippen LogP) is 2.73. The molecule has 0 aromatic heterocycles. The highest BCUT2D eigenvalue weighted by molar-refractivity contribution is 5.99. The molecule has 20 heavy (non-hydrogen) atoms. The Bertz CT molecular complexity index is 502. The standard InChI is InChI=1S/C14H21N3O3/c1-4-9(2)7-10(3)16-14(18)12-8-11(17(19)20)5-6-13(12)15/h5-6,8-10H,4,7,15H2,1-3H3,(H,16,18). The van der Waals surface area contributed by atoms with Crippen LogP contribution in [0.1, 0.15) is 44.0 Å². The molecule has 0 radical (unpaired) electrons. The van der Waals surface area contributed by atoms with Gasteiger partial charge in [0.2, 0.25) is 0 Å². The minimum absolute atomic E-state index is 0.00360. The van der Waals surface area contributed by atoms with Crippen LogP contribution in [0.15, 0.2) is 18.2 Å². The summed E-state index contributed by atoms with van der Waals surface area (Å²) in [6.45, 7) is 6.12. The minimum atomic E-state index is -0.543. The van der Waals surface area contributed by atoms with Gasteiger partial charge in [-0.3, -0.25) is 14.9 Å². The van der Waals surface area contributed by atoms with Gasteiger partial charge < -0.3 is 11.1 Å². The monoisotopic (exact) mass is 279 g/mol. The second kappa shape index (κ2) is 6.88. The predicted molar refractivity (Wildman–Crippen MR) is 78.5 cm³/mol. The van der Waals surface area contributed by atoms with Crippen molar-refractivity contribution in [3.8, 4) is 0 Å². The van der Waals surface area contributed by atoms with Gasteiger partial charge in [0.1, 0.15) is 0 Å². The summed E-state index contributed by atoms with van der Waals surface area (Å²) in [6.07, 6.45) is 1.90. The highest BCUT2D eigenvalue weighted by Crippen LogP contribution is 2.20. The van der Waals surface area contributed by atoms with Crippen LogP contribution in [0.25, 0.3) is 0 Å². The number of benzene rings is 1. The summed E-state index contributed by atoms with van der Waals surface area (Å²) >= 11 is 0. The Morgan fingerprint density at radius 2 is 2.10 bits per heavy atom. The molecule has 3 N–H and O–H groups in total. The molecule has 0 heterocycles. The zero-order chi connectivity index (χ0) is 15.3. The van der Waals surface area contributed by atoms with Crippen molar-refractivity contribution >= 4 is 17.3 Å². The first-order valence-electron chi connectivity index (χ1n) is 6.69. The normalized spacial score (nSPS) is 13.6. The van der Waals surface area contributed by atoms with Crippen molar-refractivity contribution in [1.29, 1.82) is 0 Å². The number of carbonyl (C=O) groups is 1. The Labute approximate surface area is 118 Å². The molecular weight excluding hydrogens is 258 g/mol. The third-order valence-corrected chi connectivity index (χ3v) is 3.32. The molecule has 0 fully saturated rings. The first-order chi connectivity index (χ1) is 9.35. The molecule has 0 spiro atoms. The molecule has 110 valence electrons. The molecule has 6 nitrogen and oxygen atoms in total. The number of nitrogens with zero attached hydrogens (tertiary/aromatic N) is 1. The number of nitrogens with one attached hydrogen (secondary N) is 1. The van der Waals surface area contributed by atoms with E-state index in [0.29, 0.717) is 5.92 Å². The molecular formula is C14H21N3O3. The number of anilines is 1. The summed E-state index contributed by atoms with van der Waals surface area (Å²) in [7, 11) is 0. The Morgan fingerprint density at radius 3 is 2.65 bits per heavy atom. The van der Waals surface area contributed by atoms with Crippen molar-refractivity contribution in [3.63, 3.8) is 0 Å². The number of carbonyl (C=O) groups excluding carboxylic acids is 1. The zero-order valence-electron chi connectivity index (χ0n) is 12.1. The number of nitro groups is 1. The average molecular weight is 279 g/mol. The Balaban J connectivity index is 2.81. The summed E-state index contributed by atoms with van der Waals surface area (Å²) in [5.74, 6) is 0.134. The maximum Gasteiger partial charge on any atom is 0.270 e. The minimum Gasteiger partial charge on any atom is -0.398 e. The first kappa shape index (κ1) is 15.9. The van der Waals surface area contributed by atoms with Crippen LogP contribution in [0.2, 0.25) is 0 Å². The van der Waals surface area contributed by atoms with Crippen LogP contribution in [0.5, 0.6) is 0 Å². The maximum absolute atomic E-state index is 12.1. The Kier molecular flexibility index (Phi) is 5.49. The molecule has 2 unspecified atom stereocenters. The molecule has 1 rings (SSSR count). The number of rotatable bonds is 6. The van der Waals surface area contributed by atoms with Gasteiger partial charge in [-0.05, 0) is 25.3 Å². The van der Waals surface area contributed by atoms with Crippen LogP contribution in [-0.4, -0.2) is 16.9 Å². The van der Waals surface area contributed by atoms with E-state index in [-0.39, 0.29) is 28.9 Å². The lowest BCUT2D eigenvalue weighted by Gasteiger charge is -2.18. The third kappa shape index (κ3) is 4.22. The van der Waals surface area contributed by atoms with Gasteiger partial charge in [-0.25, -0.2) is 0 Å². The molecule has 0 saturated carbocycles. The van der Waals surface area contributed by atoms with Gasteiger partial charge in [0.05, 0.1) is 10.5 Å². The zero-order valence-corrected chi connectivity index (χ0v) is 12.1. The van der Waals surface area contributed by atoms with E-state index in [1.54, 1.807) is 0 Å². The SMILES string of the molecule is CCC(C)CC(C)NC(=O)c1cc([N+](=O)[O-])ccc1N. The van der Waals surface area contributed by atoms with E-state index in [1.807, 2.05) is 6.92 Å². The number of nitro benzene ring substituents is 1. The molecule has 0 aliphatic heterocycles. The lowest BCUT2D eigenvalue weighted by atomic mass is 10.00. The fourth-order valence-corrected chi connectivity index (χ4v) is 1.99. The van der Waals surface area contributed by atoms with Gasteiger partial charge in [-0.1, -0.05) is 20.3 Å². The highest BCUT2D eigenvalue weighted by Gasteiger charge is 2.17. The summed E-state index contributed by atoms with van der Waals surface area (Å²) in [5, 5.41) is 13.6. The largest absolute Gasteiger partial charge is 0.398 e. The van der Waals surface area contributed by atoms with E-state index >= 15 is 0 Å². The Hall–Kier alpha value is -2.11. The van der Waals surface area contributed by atoms with E-state index < -0.39 is 4.92 Å². The van der Waals surface area contributed by atoms with Crippen molar-refractivity contribution in [2.75, 3.05) is 5.73 Å². The van der Waals surface area contributed by atoms with Crippen LogP contribution >= 0.6 is 0 Å². The molecule has 0 bridgehead atoms. The number of amides is 1. The van der Waals surface area contributed by atoms with Gasteiger partial charge in [-0.15, -0.1) is 0 Å². The van der Waals surface area contributed by atoms with E-state index in [9.17, 15) is 14.9 Å². The van der Waals surface area contributed by atoms with E-state index in [4.69, 9.17) is 5.73 Å². The van der Waals surface area contributed by atoms with Crippen molar-refractivity contribution in [2.24, 2.45) is 5.92 Å². The fourth-order valence-electron chi connectivity index (χ4n) is 1.99. The number of hydrogen-bond donors (Lipinski definition) is 2. The summed E-state index contributed by atoms with van der Waals surface area (Å²) < 4.78 is 0. The average Bonchev–Trinajstić information content (AvgIpc) is 2.38. The van der Waals surface area contributed by atoms with E-state index in [1.165, 1.54) is 18.2 Å². The van der Waals surface area contributed by atoms with E-state index in [2.05, 4.69) is 19.2 Å². The lowest BCUT2D eigenvalue weighted by Crippen LogP contribution is -2.34. The van der Waals surface area contributed by atoms with Gasteiger partial charge >= 0.3 is 0 Å². The van der Waals surface area contributed by atoms with Crippen molar-refractivity contribution in [2.45, 2.75) is 39.7 Å². The molecule has 0 aliphatic carbocycles. The first-order valence-corrected chi connectivity index (χ1v) is 6.69. The molecule has 1 amide bonds. The third-order valence-electron chi connectivity index (χ3n) is 3.32. The second-order valence-corrected chi connectivity index (χ2v) is 5.15. The lowest BCUT2D eigenvalue weighted by molar-refractivity contribution is -0.384. The molecule has 0 saturated heterocycles. The summed E-state index contributed by atoms with van der Waals surface area (Å²) in [4.78, 5) is 22.3. The van der Waals surface area contributed by atoms with Gasteiger partial charge in [0.15, 0.2) is 0 Å². The van der Waals surface area contributed by atoms with Gasteiger partial charge in [0.25, 0.3) is 11.6 Å². The number of non-ortho nitro benzene ring substituents is 1. The summed E-state index contributed by atoms with van der Waals surface area (Å²) in [5.41, 5.74) is 5.96. The van der Waals surface area contributed by atoms with Crippen LogP contribution in [-0.2, 0) is 0 Å². The molecule has 1 aromatic rings. The van der Waals surface area contributed by atoms with Crippen molar-refractivity contribution < 1.29 is 9.72 Å². The quantitative estimate of drug-likeness (QED) is 0.475. The second-order valence-electron chi connectivity index (χ2n) is 5.15. The summed E-state index contributed by atoms with van der Waals surface area (Å²) in [6, 6.07) is 3.87. The Morgan fingerprint density at radius 1 is 1.45 bits per heavy atom. The van der Waals surface area contributed by atoms with Gasteiger partial charge in [0, 0.05) is 23.9 Å². The highest BCUT2D eigenvalue weighted by atomic mass is 16.6. The van der Waals surface area contributed by atoms with Crippen LogP contribution in [0.3, 0.4) is 0 Å². The molecule has 1 aromatic carbocycles. The number of hydrogen-bond acceptors (Lipinski definition) is 4. The molecule has 6 heteroatoms. The molecule has 0 aliphatic rings. The smallest absolute Gasteiger partial charge is 0.270 e. The van der Waals surface area contributed by atoms with E-state index in [0.717, 1.165) is 12.8 Å². The van der Waals surface area contributed by atoms with Crippen LogP contribution < -0.4 is 11.1 Å². The maximum atomic E-state index is 12.1. The van der Waals surface area contributed by atoms with Gasteiger partial charge in [-0.2, -0.15) is 0 Å². The van der Waals surface area contributed by atoms with Crippen LogP contribution in [0, 0.1) is 16.0 Å². The fraction of sp³-hybridized carbons (Fsp3) is 0.500.